The van der Waals surface area contributed by atoms with Gasteiger partial charge in [-0.15, -0.1) is 0 Å². The Labute approximate surface area is 104 Å². The molecule has 0 aliphatic rings. The molecule has 1 unspecified atom stereocenters. The van der Waals surface area contributed by atoms with Gasteiger partial charge in [0.1, 0.15) is 0 Å². The summed E-state index contributed by atoms with van der Waals surface area (Å²) < 4.78 is 0. The van der Waals surface area contributed by atoms with Gasteiger partial charge in [-0.1, -0.05) is 30.3 Å². The molecule has 0 saturated heterocycles. The molecule has 0 bridgehead atoms. The van der Waals surface area contributed by atoms with Crippen molar-refractivity contribution in [3.63, 3.8) is 0 Å². The zero-order valence-electron chi connectivity index (χ0n) is 10.9. The minimum Gasteiger partial charge on any atom is -0.302 e. The van der Waals surface area contributed by atoms with Gasteiger partial charge >= 0.3 is 0 Å². The Kier molecular flexibility index (Phi) is 6.23. The van der Waals surface area contributed by atoms with Crippen molar-refractivity contribution in [2.24, 2.45) is 9.98 Å². The monoisotopic (exact) mass is 231 g/mol. The highest BCUT2D eigenvalue weighted by atomic mass is 15.1. The SMILES string of the molecule is CCN=C=NCCC(c1ccccc1)N(C)C. The van der Waals surface area contributed by atoms with E-state index in [9.17, 15) is 0 Å². The summed E-state index contributed by atoms with van der Waals surface area (Å²) in [6.07, 6.45) is 0.989. The number of benzene rings is 1. The third-order valence-corrected chi connectivity index (χ3v) is 2.62. The molecule has 92 valence electrons. The second-order valence-electron chi connectivity index (χ2n) is 4.13. The van der Waals surface area contributed by atoms with Crippen molar-refractivity contribution in [1.29, 1.82) is 0 Å². The molecule has 3 nitrogen and oxygen atoms in total. The first-order valence-corrected chi connectivity index (χ1v) is 6.05. The van der Waals surface area contributed by atoms with Crippen LogP contribution in [0.1, 0.15) is 24.9 Å². The molecule has 0 amide bonds. The van der Waals surface area contributed by atoms with E-state index in [0.29, 0.717) is 6.04 Å². The van der Waals surface area contributed by atoms with Crippen molar-refractivity contribution < 1.29 is 0 Å². The van der Waals surface area contributed by atoms with Gasteiger partial charge in [-0.25, -0.2) is 9.98 Å². The Hall–Kier alpha value is -1.44. The largest absolute Gasteiger partial charge is 0.302 e. The van der Waals surface area contributed by atoms with Crippen LogP contribution in [0.25, 0.3) is 0 Å². The second kappa shape index (κ2) is 7.77. The van der Waals surface area contributed by atoms with E-state index in [0.717, 1.165) is 19.5 Å². The predicted octanol–water partition coefficient (Wildman–Crippen LogP) is 2.87. The molecule has 0 saturated carbocycles. The quantitative estimate of drug-likeness (QED) is 0.692. The molecule has 1 aromatic rings. The maximum atomic E-state index is 4.17. The maximum Gasteiger partial charge on any atom is 0.0892 e. The molecule has 1 rings (SSSR count). The van der Waals surface area contributed by atoms with Crippen LogP contribution in [0.5, 0.6) is 0 Å². The lowest BCUT2D eigenvalue weighted by Crippen LogP contribution is -2.20. The summed E-state index contributed by atoms with van der Waals surface area (Å²) in [6, 6.07) is 13.6. The van der Waals surface area contributed by atoms with Gasteiger partial charge in [0, 0.05) is 12.6 Å². The van der Waals surface area contributed by atoms with Gasteiger partial charge < -0.3 is 4.90 Å². The minimum absolute atomic E-state index is 0.406. The number of nitrogens with zero attached hydrogens (tertiary/aromatic N) is 3. The summed E-state index contributed by atoms with van der Waals surface area (Å²) in [6.45, 7) is 3.50. The fraction of sp³-hybridized carbons (Fsp3) is 0.500. The topological polar surface area (TPSA) is 28.0 Å². The summed E-state index contributed by atoms with van der Waals surface area (Å²) in [5, 5.41) is 0. The Balaban J connectivity index is 2.59. The van der Waals surface area contributed by atoms with Gasteiger partial charge in [-0.2, -0.15) is 0 Å². The van der Waals surface area contributed by atoms with E-state index in [1.165, 1.54) is 5.56 Å². The van der Waals surface area contributed by atoms with Crippen molar-refractivity contribution in [2.45, 2.75) is 19.4 Å². The number of hydrogen-bond acceptors (Lipinski definition) is 3. The summed E-state index contributed by atoms with van der Waals surface area (Å²) >= 11 is 0. The second-order valence-corrected chi connectivity index (χ2v) is 4.13. The van der Waals surface area contributed by atoms with Crippen LogP contribution in [0.4, 0.5) is 0 Å². The Bertz CT molecular complexity index is 364. The van der Waals surface area contributed by atoms with Gasteiger partial charge in [0.25, 0.3) is 0 Å². The number of hydrogen-bond donors (Lipinski definition) is 0. The zero-order chi connectivity index (χ0) is 12.5. The molecule has 0 aliphatic heterocycles. The summed E-state index contributed by atoms with van der Waals surface area (Å²) in [4.78, 5) is 10.3. The molecular weight excluding hydrogens is 210 g/mol. The number of rotatable bonds is 6. The first-order chi connectivity index (χ1) is 8.25. The predicted molar refractivity (Wildman–Crippen MR) is 72.8 cm³/mol. The normalized spacial score (nSPS) is 12.0. The first kappa shape index (κ1) is 13.6. The van der Waals surface area contributed by atoms with Gasteiger partial charge in [-0.05, 0) is 33.0 Å². The van der Waals surface area contributed by atoms with Crippen LogP contribution in [-0.2, 0) is 0 Å². The van der Waals surface area contributed by atoms with Crippen molar-refractivity contribution in [1.82, 2.24) is 4.90 Å². The highest BCUT2D eigenvalue weighted by molar-refractivity contribution is 5.40. The molecule has 0 radical (unpaired) electrons. The molecule has 3 heteroatoms. The van der Waals surface area contributed by atoms with Crippen LogP contribution in [0.15, 0.2) is 40.3 Å². The molecule has 1 aromatic carbocycles. The van der Waals surface area contributed by atoms with Crippen LogP contribution in [-0.4, -0.2) is 38.1 Å². The zero-order valence-corrected chi connectivity index (χ0v) is 10.9. The first-order valence-electron chi connectivity index (χ1n) is 6.05. The minimum atomic E-state index is 0.406. The molecule has 0 spiro atoms. The average Bonchev–Trinajstić information content (AvgIpc) is 2.34. The summed E-state index contributed by atoms with van der Waals surface area (Å²) in [7, 11) is 4.20. The van der Waals surface area contributed by atoms with E-state index in [2.05, 4.69) is 59.3 Å². The highest BCUT2D eigenvalue weighted by Gasteiger charge is 2.12. The van der Waals surface area contributed by atoms with Gasteiger partial charge in [0.2, 0.25) is 0 Å². The van der Waals surface area contributed by atoms with Gasteiger partial charge in [0.05, 0.1) is 12.6 Å². The van der Waals surface area contributed by atoms with Crippen molar-refractivity contribution in [3.8, 4) is 0 Å². The third kappa shape index (κ3) is 4.94. The lowest BCUT2D eigenvalue weighted by atomic mass is 10.0. The summed E-state index contributed by atoms with van der Waals surface area (Å²) in [5.74, 6) is 0. The molecule has 0 fully saturated rings. The van der Waals surface area contributed by atoms with Crippen LogP contribution < -0.4 is 0 Å². The van der Waals surface area contributed by atoms with E-state index in [1.54, 1.807) is 0 Å². The third-order valence-electron chi connectivity index (χ3n) is 2.62. The van der Waals surface area contributed by atoms with Gasteiger partial charge in [0.15, 0.2) is 0 Å². The molecule has 17 heavy (non-hydrogen) atoms. The Morgan fingerprint density at radius 2 is 1.88 bits per heavy atom. The van der Waals surface area contributed by atoms with E-state index in [4.69, 9.17) is 0 Å². The lowest BCUT2D eigenvalue weighted by molar-refractivity contribution is 0.287. The van der Waals surface area contributed by atoms with E-state index >= 15 is 0 Å². The maximum absolute atomic E-state index is 4.17. The molecule has 0 N–H and O–H groups in total. The number of aliphatic imine (C=N–C) groups is 2. The molecule has 1 atom stereocenters. The summed E-state index contributed by atoms with van der Waals surface area (Å²) in [5.41, 5.74) is 1.33. The molecular formula is C14H21N3. The fourth-order valence-electron chi connectivity index (χ4n) is 1.76. The lowest BCUT2D eigenvalue weighted by Gasteiger charge is -2.23. The van der Waals surface area contributed by atoms with Crippen LogP contribution >= 0.6 is 0 Å². The van der Waals surface area contributed by atoms with Crippen LogP contribution in [0.3, 0.4) is 0 Å². The smallest absolute Gasteiger partial charge is 0.0892 e. The highest BCUT2D eigenvalue weighted by Crippen LogP contribution is 2.21. The molecule has 0 aliphatic carbocycles. The van der Waals surface area contributed by atoms with E-state index in [-0.39, 0.29) is 0 Å². The molecule has 0 heterocycles. The van der Waals surface area contributed by atoms with Gasteiger partial charge in [-0.3, -0.25) is 0 Å². The van der Waals surface area contributed by atoms with Crippen molar-refractivity contribution >= 4 is 6.01 Å². The van der Waals surface area contributed by atoms with Crippen LogP contribution in [0.2, 0.25) is 0 Å². The Morgan fingerprint density at radius 3 is 2.47 bits per heavy atom. The van der Waals surface area contributed by atoms with E-state index in [1.807, 2.05) is 13.0 Å². The van der Waals surface area contributed by atoms with Crippen LogP contribution in [0, 0.1) is 0 Å². The van der Waals surface area contributed by atoms with E-state index < -0.39 is 0 Å². The standard InChI is InChI=1S/C14H21N3/c1-4-15-12-16-11-10-14(17(2)3)13-8-6-5-7-9-13/h5-9,14H,4,10-11H2,1-3H3. The molecule has 0 aromatic heterocycles. The van der Waals surface area contributed by atoms with Crippen molar-refractivity contribution in [3.05, 3.63) is 35.9 Å². The average molecular weight is 231 g/mol. The Morgan fingerprint density at radius 1 is 1.18 bits per heavy atom. The fourth-order valence-corrected chi connectivity index (χ4v) is 1.76. The van der Waals surface area contributed by atoms with Crippen molar-refractivity contribution in [2.75, 3.05) is 27.2 Å².